The molecule has 0 radical (unpaired) electrons. The Bertz CT molecular complexity index is 238. The van der Waals surface area contributed by atoms with Gasteiger partial charge in [-0.05, 0) is 0 Å². The van der Waals surface area contributed by atoms with E-state index in [-0.39, 0.29) is 5.91 Å². The van der Waals surface area contributed by atoms with Gasteiger partial charge in [0.25, 0.3) is 0 Å². The normalized spacial score (nSPS) is 18.5. The van der Waals surface area contributed by atoms with Crippen LogP contribution in [0.5, 0.6) is 0 Å². The van der Waals surface area contributed by atoms with Crippen LogP contribution in [0.3, 0.4) is 0 Å². The van der Waals surface area contributed by atoms with Crippen molar-refractivity contribution in [2.75, 3.05) is 19.6 Å². The third-order valence-electron chi connectivity index (χ3n) is 1.78. The summed E-state index contributed by atoms with van der Waals surface area (Å²) in [6, 6.07) is 0. The molecule has 1 amide bonds. The molecule has 72 valence electrons. The summed E-state index contributed by atoms with van der Waals surface area (Å²) in [5, 5.41) is 11.1. The van der Waals surface area contributed by atoms with E-state index in [1.165, 1.54) is 6.20 Å². The van der Waals surface area contributed by atoms with Crippen molar-refractivity contribution in [1.82, 2.24) is 10.2 Å². The standard InChI is InChI=1S/C8H12N2O3/c11-7-1-4-10(6-3-9-7)5-2-8(12)13/h2,5H,1,3-4,6H2,(H,9,11)(H,12,13)/b5-2+. The van der Waals surface area contributed by atoms with Crippen LogP contribution in [-0.4, -0.2) is 41.5 Å². The quantitative estimate of drug-likeness (QED) is 0.562. The number of carboxylic acids is 1. The topological polar surface area (TPSA) is 69.6 Å². The van der Waals surface area contributed by atoms with Crippen molar-refractivity contribution in [1.29, 1.82) is 0 Å². The molecule has 1 heterocycles. The van der Waals surface area contributed by atoms with Gasteiger partial charge in [0.1, 0.15) is 0 Å². The number of hydrogen-bond acceptors (Lipinski definition) is 3. The Balaban J connectivity index is 2.42. The number of carbonyl (C=O) groups excluding carboxylic acids is 1. The molecule has 1 aliphatic heterocycles. The number of aliphatic carboxylic acids is 1. The molecule has 0 aromatic rings. The van der Waals surface area contributed by atoms with Gasteiger partial charge in [-0.2, -0.15) is 0 Å². The zero-order valence-electron chi connectivity index (χ0n) is 7.19. The molecule has 0 aromatic heterocycles. The van der Waals surface area contributed by atoms with Crippen molar-refractivity contribution in [2.45, 2.75) is 6.42 Å². The molecule has 1 aliphatic rings. The largest absolute Gasteiger partial charge is 0.478 e. The van der Waals surface area contributed by atoms with Gasteiger partial charge in [0.15, 0.2) is 0 Å². The highest BCUT2D eigenvalue weighted by Crippen LogP contribution is 1.96. The molecule has 0 bridgehead atoms. The van der Waals surface area contributed by atoms with Crippen molar-refractivity contribution in [2.24, 2.45) is 0 Å². The lowest BCUT2D eigenvalue weighted by Crippen LogP contribution is -2.25. The highest BCUT2D eigenvalue weighted by atomic mass is 16.4. The molecule has 2 N–H and O–H groups in total. The number of carboxylic acid groups (broad SMARTS) is 1. The molecule has 0 atom stereocenters. The van der Waals surface area contributed by atoms with Crippen molar-refractivity contribution in [3.63, 3.8) is 0 Å². The van der Waals surface area contributed by atoms with Crippen LogP contribution >= 0.6 is 0 Å². The Morgan fingerprint density at radius 3 is 3.00 bits per heavy atom. The monoisotopic (exact) mass is 184 g/mol. The van der Waals surface area contributed by atoms with Crippen molar-refractivity contribution in [3.05, 3.63) is 12.3 Å². The van der Waals surface area contributed by atoms with Gasteiger partial charge in [-0.25, -0.2) is 4.79 Å². The molecule has 1 fully saturated rings. The van der Waals surface area contributed by atoms with Gasteiger partial charge in [-0.3, -0.25) is 4.79 Å². The first-order chi connectivity index (χ1) is 6.18. The maximum Gasteiger partial charge on any atom is 0.329 e. The minimum atomic E-state index is -0.969. The van der Waals surface area contributed by atoms with E-state index in [2.05, 4.69) is 5.32 Å². The zero-order chi connectivity index (χ0) is 9.68. The Labute approximate surface area is 76.0 Å². The Kier molecular flexibility index (Phi) is 3.31. The summed E-state index contributed by atoms with van der Waals surface area (Å²) >= 11 is 0. The first-order valence-corrected chi connectivity index (χ1v) is 4.10. The van der Waals surface area contributed by atoms with Gasteiger partial charge in [-0.1, -0.05) is 0 Å². The van der Waals surface area contributed by atoms with Crippen LogP contribution < -0.4 is 5.32 Å². The van der Waals surface area contributed by atoms with Gasteiger partial charge in [0.05, 0.1) is 0 Å². The van der Waals surface area contributed by atoms with Gasteiger partial charge >= 0.3 is 5.97 Å². The number of rotatable bonds is 2. The SMILES string of the molecule is O=C(O)/C=C/N1CCNC(=O)CC1. The number of amides is 1. The summed E-state index contributed by atoms with van der Waals surface area (Å²) in [7, 11) is 0. The van der Waals surface area contributed by atoms with E-state index in [1.807, 2.05) is 4.90 Å². The van der Waals surface area contributed by atoms with Crippen molar-refractivity contribution >= 4 is 11.9 Å². The number of hydrogen-bond donors (Lipinski definition) is 2. The molecule has 0 spiro atoms. The summed E-state index contributed by atoms with van der Waals surface area (Å²) in [5.41, 5.74) is 0. The van der Waals surface area contributed by atoms with Crippen LogP contribution in [0.25, 0.3) is 0 Å². The highest BCUT2D eigenvalue weighted by molar-refractivity contribution is 5.79. The maximum atomic E-state index is 10.9. The fraction of sp³-hybridized carbons (Fsp3) is 0.500. The fourth-order valence-electron chi connectivity index (χ4n) is 1.10. The second-order valence-electron chi connectivity index (χ2n) is 2.79. The van der Waals surface area contributed by atoms with Crippen LogP contribution in [0.15, 0.2) is 12.3 Å². The third kappa shape index (κ3) is 3.59. The molecule has 13 heavy (non-hydrogen) atoms. The van der Waals surface area contributed by atoms with Crippen LogP contribution in [0.1, 0.15) is 6.42 Å². The van der Waals surface area contributed by atoms with Crippen LogP contribution in [0, 0.1) is 0 Å². The number of nitrogens with one attached hydrogen (secondary N) is 1. The maximum absolute atomic E-state index is 10.9. The minimum Gasteiger partial charge on any atom is -0.478 e. The predicted molar refractivity (Wildman–Crippen MR) is 46.0 cm³/mol. The van der Waals surface area contributed by atoms with E-state index in [0.717, 1.165) is 6.08 Å². The predicted octanol–water partition coefficient (Wildman–Crippen LogP) is -0.593. The highest BCUT2D eigenvalue weighted by Gasteiger charge is 2.09. The van der Waals surface area contributed by atoms with E-state index in [1.54, 1.807) is 0 Å². The van der Waals surface area contributed by atoms with Crippen LogP contribution in [0.4, 0.5) is 0 Å². The first-order valence-electron chi connectivity index (χ1n) is 4.10. The molecule has 0 unspecified atom stereocenters. The zero-order valence-corrected chi connectivity index (χ0v) is 7.19. The average Bonchev–Trinajstić information content (AvgIpc) is 2.27. The van der Waals surface area contributed by atoms with E-state index < -0.39 is 5.97 Å². The fourth-order valence-corrected chi connectivity index (χ4v) is 1.10. The second kappa shape index (κ2) is 4.49. The van der Waals surface area contributed by atoms with E-state index in [4.69, 9.17) is 5.11 Å². The molecular weight excluding hydrogens is 172 g/mol. The summed E-state index contributed by atoms with van der Waals surface area (Å²) in [5.74, 6) is -0.949. The van der Waals surface area contributed by atoms with Crippen LogP contribution in [-0.2, 0) is 9.59 Å². The van der Waals surface area contributed by atoms with Crippen molar-refractivity contribution in [3.8, 4) is 0 Å². The number of nitrogens with zero attached hydrogens (tertiary/aromatic N) is 1. The Morgan fingerprint density at radius 2 is 2.31 bits per heavy atom. The lowest BCUT2D eigenvalue weighted by molar-refractivity contribution is -0.131. The minimum absolute atomic E-state index is 0.0197. The average molecular weight is 184 g/mol. The summed E-state index contributed by atoms with van der Waals surface area (Å²) in [4.78, 5) is 22.9. The van der Waals surface area contributed by atoms with E-state index in [9.17, 15) is 9.59 Å². The molecular formula is C8H12N2O3. The third-order valence-corrected chi connectivity index (χ3v) is 1.78. The van der Waals surface area contributed by atoms with Gasteiger partial charge in [0, 0.05) is 38.3 Å². The molecule has 1 saturated heterocycles. The molecule has 5 nitrogen and oxygen atoms in total. The number of carbonyl (C=O) groups is 2. The first kappa shape index (κ1) is 9.57. The molecule has 0 aliphatic carbocycles. The smallest absolute Gasteiger partial charge is 0.329 e. The second-order valence-corrected chi connectivity index (χ2v) is 2.79. The van der Waals surface area contributed by atoms with E-state index >= 15 is 0 Å². The summed E-state index contributed by atoms with van der Waals surface area (Å²) in [6.07, 6.45) is 3.00. The van der Waals surface area contributed by atoms with Crippen molar-refractivity contribution < 1.29 is 14.7 Å². The van der Waals surface area contributed by atoms with Gasteiger partial charge in [0.2, 0.25) is 5.91 Å². The van der Waals surface area contributed by atoms with Crippen LogP contribution in [0.2, 0.25) is 0 Å². The summed E-state index contributed by atoms with van der Waals surface area (Å²) in [6.45, 7) is 1.81. The van der Waals surface area contributed by atoms with Gasteiger partial charge in [-0.15, -0.1) is 0 Å². The van der Waals surface area contributed by atoms with E-state index in [0.29, 0.717) is 26.1 Å². The molecule has 0 saturated carbocycles. The molecule has 0 aromatic carbocycles. The molecule has 1 rings (SSSR count). The summed E-state index contributed by atoms with van der Waals surface area (Å²) < 4.78 is 0. The lowest BCUT2D eigenvalue weighted by Gasteiger charge is -2.14. The van der Waals surface area contributed by atoms with Gasteiger partial charge < -0.3 is 15.3 Å². The Morgan fingerprint density at radius 1 is 1.54 bits per heavy atom. The lowest BCUT2D eigenvalue weighted by atomic mass is 10.4. The molecule has 5 heteroatoms. The Hall–Kier alpha value is -1.52.